The quantitative estimate of drug-likeness (QED) is 0.405. The van der Waals surface area contributed by atoms with Crippen molar-refractivity contribution in [2.45, 2.75) is 58.5 Å². The molecule has 43 heavy (non-hydrogen) atoms. The lowest BCUT2D eigenvalue weighted by molar-refractivity contribution is -0.139. The molecule has 4 N–H and O–H groups in total. The third-order valence-electron chi connectivity index (χ3n) is 7.72. The fourth-order valence-electron chi connectivity index (χ4n) is 5.35. The predicted octanol–water partition coefficient (Wildman–Crippen LogP) is 2.55. The highest BCUT2D eigenvalue weighted by Crippen LogP contribution is 2.31. The van der Waals surface area contributed by atoms with Gasteiger partial charge in [0.25, 0.3) is 5.91 Å². The van der Waals surface area contributed by atoms with Gasteiger partial charge in [0.05, 0.1) is 13.1 Å². The van der Waals surface area contributed by atoms with Crippen LogP contribution >= 0.6 is 0 Å². The molecule has 0 spiro atoms. The molecule has 12 heteroatoms. The van der Waals surface area contributed by atoms with Crippen LogP contribution in [0.5, 0.6) is 0 Å². The van der Waals surface area contributed by atoms with Crippen LogP contribution in [0.2, 0.25) is 0 Å². The van der Waals surface area contributed by atoms with Crippen molar-refractivity contribution in [1.82, 2.24) is 20.0 Å². The van der Waals surface area contributed by atoms with Crippen molar-refractivity contribution in [2.75, 3.05) is 39.0 Å². The minimum absolute atomic E-state index is 0.0179. The minimum Gasteiger partial charge on any atom is -0.444 e. The smallest absolute Gasteiger partial charge is 0.410 e. The molecule has 11 nitrogen and oxygen atoms in total. The summed E-state index contributed by atoms with van der Waals surface area (Å²) in [5, 5.41) is 6.13. The molecule has 3 atom stereocenters. The van der Waals surface area contributed by atoms with E-state index in [4.69, 9.17) is 10.5 Å². The zero-order chi connectivity index (χ0) is 31.5. The van der Waals surface area contributed by atoms with Crippen LogP contribution < -0.4 is 16.4 Å². The zero-order valence-corrected chi connectivity index (χ0v) is 25.4. The summed E-state index contributed by atoms with van der Waals surface area (Å²) in [5.41, 5.74) is 7.25. The van der Waals surface area contributed by atoms with Gasteiger partial charge in [0, 0.05) is 42.9 Å². The molecule has 2 aliphatic heterocycles. The van der Waals surface area contributed by atoms with E-state index in [1.807, 2.05) is 39.8 Å². The van der Waals surface area contributed by atoms with Crippen LogP contribution in [0, 0.1) is 11.2 Å². The van der Waals surface area contributed by atoms with Gasteiger partial charge >= 0.3 is 6.09 Å². The number of anilines is 1. The molecule has 0 aromatic heterocycles. The molecule has 0 bridgehead atoms. The Balaban J connectivity index is 1.45. The van der Waals surface area contributed by atoms with Crippen molar-refractivity contribution in [3.05, 3.63) is 65.0 Å². The van der Waals surface area contributed by atoms with E-state index in [2.05, 4.69) is 10.6 Å². The highest BCUT2D eigenvalue weighted by Gasteiger charge is 2.45. The Labute approximate surface area is 251 Å². The van der Waals surface area contributed by atoms with Crippen LogP contribution in [-0.4, -0.2) is 90.4 Å². The average molecular weight is 597 g/mol. The number of likely N-dealkylation sites (N-methyl/N-ethyl adjacent to an activating group) is 1. The number of likely N-dealkylation sites (tertiary alicyclic amines) is 1. The first-order chi connectivity index (χ1) is 20.2. The molecule has 2 aliphatic rings. The molecule has 2 aromatic rings. The normalized spacial score (nSPS) is 18.8. The maximum atomic E-state index is 14.2. The number of hydrogen-bond donors (Lipinski definition) is 3. The van der Waals surface area contributed by atoms with Crippen LogP contribution in [0.15, 0.2) is 42.5 Å². The van der Waals surface area contributed by atoms with Crippen molar-refractivity contribution in [2.24, 2.45) is 11.1 Å². The third kappa shape index (κ3) is 7.61. The summed E-state index contributed by atoms with van der Waals surface area (Å²) >= 11 is 0. The van der Waals surface area contributed by atoms with Gasteiger partial charge < -0.3 is 30.9 Å². The van der Waals surface area contributed by atoms with Crippen LogP contribution in [0.1, 0.15) is 48.7 Å². The topological polar surface area (TPSA) is 137 Å². The monoisotopic (exact) mass is 596 g/mol. The average Bonchev–Trinajstić information content (AvgIpc) is 3.56. The highest BCUT2D eigenvalue weighted by atomic mass is 19.1. The molecule has 2 aromatic carbocycles. The van der Waals surface area contributed by atoms with E-state index in [0.29, 0.717) is 35.5 Å². The van der Waals surface area contributed by atoms with E-state index >= 15 is 0 Å². The number of primary amides is 1. The lowest BCUT2D eigenvalue weighted by Crippen LogP contribution is -2.53. The van der Waals surface area contributed by atoms with E-state index in [-0.39, 0.29) is 43.7 Å². The van der Waals surface area contributed by atoms with Crippen LogP contribution in [0.3, 0.4) is 0 Å². The first-order valence-corrected chi connectivity index (χ1v) is 14.4. The van der Waals surface area contributed by atoms with Crippen molar-refractivity contribution < 1.29 is 28.3 Å². The molecular weight excluding hydrogens is 555 g/mol. The molecule has 0 unspecified atom stereocenters. The number of amides is 4. The maximum Gasteiger partial charge on any atom is 0.410 e. The second kappa shape index (κ2) is 13.0. The second-order valence-electron chi connectivity index (χ2n) is 12.5. The number of hydrogen-bond acceptors (Lipinski definition) is 7. The Bertz CT molecular complexity index is 1380. The Morgan fingerprint density at radius 1 is 1.12 bits per heavy atom. The summed E-state index contributed by atoms with van der Waals surface area (Å²) in [5.74, 6) is -1.70. The summed E-state index contributed by atoms with van der Waals surface area (Å²) in [6.45, 7) is 7.12. The first-order valence-electron chi connectivity index (χ1n) is 14.4. The predicted molar refractivity (Wildman–Crippen MR) is 159 cm³/mol. The number of nitrogens with two attached hydrogens (primary N) is 1. The molecule has 1 saturated heterocycles. The number of halogens is 1. The number of rotatable bonds is 9. The van der Waals surface area contributed by atoms with Gasteiger partial charge in [-0.05, 0) is 49.3 Å². The summed E-state index contributed by atoms with van der Waals surface area (Å²) in [4.78, 5) is 56.8. The zero-order valence-electron chi connectivity index (χ0n) is 25.4. The molecule has 232 valence electrons. The molecule has 4 rings (SSSR count). The molecule has 0 aliphatic carbocycles. The van der Waals surface area contributed by atoms with Gasteiger partial charge in [-0.2, -0.15) is 0 Å². The SMILES string of the molecule is CN(C)CCNC(=O)c1cccc(N[C@H](C(=O)N2C[C@H](OC(=O)N3Cc4cccc(F)c4C3)C[C@H]2C(N)=O)C(C)(C)C)c1. The fourth-order valence-corrected chi connectivity index (χ4v) is 5.35. The second-order valence-corrected chi connectivity index (χ2v) is 12.5. The van der Waals surface area contributed by atoms with E-state index in [0.717, 1.165) is 0 Å². The summed E-state index contributed by atoms with van der Waals surface area (Å²) < 4.78 is 19.9. The molecule has 1 fully saturated rings. The number of fused-ring (bicyclic) bond motifs is 1. The molecular formula is C31H41FN6O5. The largest absolute Gasteiger partial charge is 0.444 e. The third-order valence-corrected chi connectivity index (χ3v) is 7.72. The molecule has 2 heterocycles. The van der Waals surface area contributed by atoms with Crippen molar-refractivity contribution in [3.8, 4) is 0 Å². The Morgan fingerprint density at radius 3 is 2.49 bits per heavy atom. The van der Waals surface area contributed by atoms with E-state index in [9.17, 15) is 23.6 Å². The minimum atomic E-state index is -0.973. The van der Waals surface area contributed by atoms with Gasteiger partial charge in [-0.3, -0.25) is 19.3 Å². The Morgan fingerprint density at radius 2 is 1.84 bits per heavy atom. The lowest BCUT2D eigenvalue weighted by Gasteiger charge is -2.35. The first kappa shape index (κ1) is 31.7. The molecule has 4 amide bonds. The Kier molecular flexibility index (Phi) is 9.59. The number of carbonyl (C=O) groups is 4. The van der Waals surface area contributed by atoms with Crippen LogP contribution in [0.4, 0.5) is 14.9 Å². The van der Waals surface area contributed by atoms with E-state index in [1.165, 1.54) is 15.9 Å². The van der Waals surface area contributed by atoms with E-state index in [1.54, 1.807) is 36.4 Å². The standard InChI is InChI=1S/C31H41FN6O5/c1-31(2,3)26(35-21-10-6-8-19(14-21)28(40)34-12-13-36(4)5)29(41)38-17-22(15-25(38)27(33)39)43-30(42)37-16-20-9-7-11-24(32)23(20)18-37/h6-11,14,22,25-26,35H,12-13,15-18H2,1-5H3,(H2,33,39)(H,34,40)/t22-,25+,26-/m1/s1. The lowest BCUT2D eigenvalue weighted by atomic mass is 9.85. The molecule has 0 radical (unpaired) electrons. The van der Waals surface area contributed by atoms with E-state index < -0.39 is 35.6 Å². The summed E-state index contributed by atoms with van der Waals surface area (Å²) in [7, 11) is 3.84. The number of benzene rings is 2. The highest BCUT2D eigenvalue weighted by molar-refractivity contribution is 5.96. The van der Waals surface area contributed by atoms with Crippen LogP contribution in [-0.2, 0) is 27.4 Å². The molecule has 0 saturated carbocycles. The van der Waals surface area contributed by atoms with Gasteiger partial charge in [0.15, 0.2) is 0 Å². The van der Waals surface area contributed by atoms with Crippen molar-refractivity contribution in [3.63, 3.8) is 0 Å². The Hall–Kier alpha value is -4.19. The van der Waals surface area contributed by atoms with Gasteiger partial charge in [-0.25, -0.2) is 9.18 Å². The fraction of sp³-hybridized carbons (Fsp3) is 0.484. The number of ether oxygens (including phenoxy) is 1. The van der Waals surface area contributed by atoms with Crippen molar-refractivity contribution in [1.29, 1.82) is 0 Å². The van der Waals surface area contributed by atoms with Crippen LogP contribution in [0.25, 0.3) is 0 Å². The summed E-state index contributed by atoms with van der Waals surface area (Å²) in [6, 6.07) is 9.80. The van der Waals surface area contributed by atoms with Gasteiger partial charge in [-0.1, -0.05) is 39.0 Å². The van der Waals surface area contributed by atoms with Gasteiger partial charge in [0.1, 0.15) is 24.0 Å². The van der Waals surface area contributed by atoms with Gasteiger partial charge in [-0.15, -0.1) is 0 Å². The van der Waals surface area contributed by atoms with Crippen molar-refractivity contribution >= 4 is 29.5 Å². The number of carbonyl (C=O) groups excluding carboxylic acids is 4. The number of nitrogens with one attached hydrogen (secondary N) is 2. The summed E-state index contributed by atoms with van der Waals surface area (Å²) in [6.07, 6.45) is -1.36. The maximum absolute atomic E-state index is 14.2. The number of nitrogens with zero attached hydrogens (tertiary/aromatic N) is 3. The van der Waals surface area contributed by atoms with Gasteiger partial charge in [0.2, 0.25) is 11.8 Å².